The largest absolute Gasteiger partial charge is 0.493 e. The van der Waals surface area contributed by atoms with Crippen molar-refractivity contribution in [2.24, 2.45) is 11.8 Å². The number of benzene rings is 2. The first-order valence-corrected chi connectivity index (χ1v) is 14.7. The van der Waals surface area contributed by atoms with Crippen LogP contribution in [0, 0.1) is 11.8 Å². The molecule has 3 aliphatic rings. The Labute approximate surface area is 229 Å². The first-order valence-electron chi connectivity index (χ1n) is 13.2. The van der Waals surface area contributed by atoms with E-state index >= 15 is 0 Å². The van der Waals surface area contributed by atoms with Crippen molar-refractivity contribution in [1.29, 1.82) is 0 Å². The standard InChI is InChI=1S/C28H35N3O7S/c1-17-13-20-14-22(7-8-23(20)31(17)28(33)19-5-6-19)39(34,35)30-11-9-18(10-12-30)27(32)29-21-15-24(36-2)26(38-4)25(16-21)37-3/h7-8,14-19H,5-6,9-13H2,1-4H3,(H,29,32). The van der Waals surface area contributed by atoms with E-state index in [1.807, 2.05) is 11.8 Å². The summed E-state index contributed by atoms with van der Waals surface area (Å²) >= 11 is 0. The fraction of sp³-hybridized carbons (Fsp3) is 0.500. The summed E-state index contributed by atoms with van der Waals surface area (Å²) in [5.74, 6) is 1.01. The van der Waals surface area contributed by atoms with Crippen LogP contribution in [0.15, 0.2) is 35.2 Å². The number of hydrogen-bond donors (Lipinski definition) is 1. The first-order chi connectivity index (χ1) is 18.7. The van der Waals surface area contributed by atoms with Gasteiger partial charge in [-0.15, -0.1) is 0 Å². The summed E-state index contributed by atoms with van der Waals surface area (Å²) in [6.07, 6.45) is 3.31. The molecule has 0 radical (unpaired) electrons. The molecule has 5 rings (SSSR count). The Morgan fingerprint density at radius 3 is 2.10 bits per heavy atom. The third-order valence-electron chi connectivity index (χ3n) is 7.83. The van der Waals surface area contributed by atoms with Crippen LogP contribution in [0.1, 0.15) is 38.2 Å². The zero-order chi connectivity index (χ0) is 27.9. The van der Waals surface area contributed by atoms with Crippen molar-refractivity contribution in [3.8, 4) is 17.2 Å². The van der Waals surface area contributed by atoms with Gasteiger partial charge in [-0.25, -0.2) is 8.42 Å². The van der Waals surface area contributed by atoms with E-state index < -0.39 is 10.0 Å². The van der Waals surface area contributed by atoms with E-state index in [1.165, 1.54) is 25.6 Å². The lowest BCUT2D eigenvalue weighted by Crippen LogP contribution is -2.41. The van der Waals surface area contributed by atoms with E-state index in [0.29, 0.717) is 42.2 Å². The minimum atomic E-state index is -3.73. The van der Waals surface area contributed by atoms with E-state index in [1.54, 1.807) is 30.3 Å². The number of carbonyl (C=O) groups excluding carboxylic acids is 2. The summed E-state index contributed by atoms with van der Waals surface area (Å²) < 4.78 is 44.4. The van der Waals surface area contributed by atoms with Crippen LogP contribution in [-0.2, 0) is 26.0 Å². The molecular weight excluding hydrogens is 522 g/mol. The zero-order valence-electron chi connectivity index (χ0n) is 22.7. The van der Waals surface area contributed by atoms with Gasteiger partial charge >= 0.3 is 0 Å². The highest BCUT2D eigenvalue weighted by atomic mass is 32.2. The monoisotopic (exact) mass is 557 g/mol. The first kappa shape index (κ1) is 27.3. The number of methoxy groups -OCH3 is 3. The SMILES string of the molecule is COc1cc(NC(=O)C2CCN(S(=O)(=O)c3ccc4c(c3)CC(C)N4C(=O)C3CC3)CC2)cc(OC)c1OC. The number of sulfonamides is 1. The van der Waals surface area contributed by atoms with Crippen molar-refractivity contribution < 1.29 is 32.2 Å². The van der Waals surface area contributed by atoms with Gasteiger partial charge in [0.25, 0.3) is 0 Å². The molecule has 1 aliphatic carbocycles. The second-order valence-corrected chi connectivity index (χ2v) is 12.3. The summed E-state index contributed by atoms with van der Waals surface area (Å²) in [7, 11) is 0.792. The Balaban J connectivity index is 1.24. The summed E-state index contributed by atoms with van der Waals surface area (Å²) in [4.78, 5) is 27.8. The molecule has 1 unspecified atom stereocenters. The number of piperidine rings is 1. The Hall–Kier alpha value is -3.31. The average Bonchev–Trinajstić information content (AvgIpc) is 3.73. The lowest BCUT2D eigenvalue weighted by molar-refractivity contribution is -0.121. The van der Waals surface area contributed by atoms with Crippen molar-refractivity contribution in [3.63, 3.8) is 0 Å². The Bertz CT molecular complexity index is 1360. The number of rotatable bonds is 8. The molecule has 0 aromatic heterocycles. The van der Waals surface area contributed by atoms with Crippen molar-refractivity contribution in [2.45, 2.75) is 50.0 Å². The maximum absolute atomic E-state index is 13.5. The number of carbonyl (C=O) groups is 2. The lowest BCUT2D eigenvalue weighted by Gasteiger charge is -2.30. The van der Waals surface area contributed by atoms with Crippen molar-refractivity contribution in [2.75, 3.05) is 44.6 Å². The van der Waals surface area contributed by atoms with Crippen molar-refractivity contribution in [1.82, 2.24) is 4.31 Å². The average molecular weight is 558 g/mol. The minimum Gasteiger partial charge on any atom is -0.493 e. The van der Waals surface area contributed by atoms with Gasteiger partial charge in [-0.05, 0) is 62.8 Å². The maximum Gasteiger partial charge on any atom is 0.243 e. The van der Waals surface area contributed by atoms with Crippen molar-refractivity contribution in [3.05, 3.63) is 35.9 Å². The molecule has 2 amide bonds. The summed E-state index contributed by atoms with van der Waals surface area (Å²) in [5, 5.41) is 2.90. The molecule has 1 saturated heterocycles. The van der Waals surface area contributed by atoms with Crippen LogP contribution in [0.4, 0.5) is 11.4 Å². The number of hydrogen-bond acceptors (Lipinski definition) is 7. The van der Waals surface area contributed by atoms with Gasteiger partial charge in [-0.2, -0.15) is 4.31 Å². The molecule has 2 aromatic carbocycles. The Kier molecular flexibility index (Phi) is 7.47. The van der Waals surface area contributed by atoms with Gasteiger partial charge in [-0.3, -0.25) is 9.59 Å². The van der Waals surface area contributed by atoms with Gasteiger partial charge in [0.1, 0.15) is 0 Å². The van der Waals surface area contributed by atoms with Crippen LogP contribution in [0.5, 0.6) is 17.2 Å². The number of nitrogens with one attached hydrogen (secondary N) is 1. The molecule has 1 atom stereocenters. The fourth-order valence-electron chi connectivity index (χ4n) is 5.54. The summed E-state index contributed by atoms with van der Waals surface area (Å²) in [6.45, 7) is 2.49. The third-order valence-corrected chi connectivity index (χ3v) is 9.72. The number of anilines is 2. The van der Waals surface area contributed by atoms with Crippen LogP contribution in [0.2, 0.25) is 0 Å². The quantitative estimate of drug-likeness (QED) is 0.529. The topological polar surface area (TPSA) is 114 Å². The normalized spacial score (nSPS) is 19.9. The highest BCUT2D eigenvalue weighted by Crippen LogP contribution is 2.41. The second kappa shape index (κ2) is 10.7. The van der Waals surface area contributed by atoms with Crippen LogP contribution in [0.25, 0.3) is 0 Å². The second-order valence-electron chi connectivity index (χ2n) is 10.4. The van der Waals surface area contributed by atoms with E-state index in [2.05, 4.69) is 5.32 Å². The number of amides is 2. The lowest BCUT2D eigenvalue weighted by atomic mass is 9.97. The molecule has 11 heteroatoms. The molecule has 1 N–H and O–H groups in total. The molecule has 10 nitrogen and oxygen atoms in total. The molecule has 2 fully saturated rings. The number of ether oxygens (including phenoxy) is 3. The number of nitrogens with zero attached hydrogens (tertiary/aromatic N) is 2. The van der Waals surface area contributed by atoms with Crippen LogP contribution in [-0.4, -0.2) is 65.0 Å². The van der Waals surface area contributed by atoms with Gasteiger partial charge in [0.2, 0.25) is 27.6 Å². The molecule has 2 aromatic rings. The fourth-order valence-corrected chi connectivity index (χ4v) is 7.06. The van der Waals surface area contributed by atoms with E-state index in [9.17, 15) is 18.0 Å². The Morgan fingerprint density at radius 1 is 0.897 bits per heavy atom. The third kappa shape index (κ3) is 5.17. The van der Waals surface area contributed by atoms with Gasteiger partial charge in [0.15, 0.2) is 11.5 Å². The molecule has 210 valence electrons. The molecule has 1 saturated carbocycles. The predicted octanol–water partition coefficient (Wildman–Crippen LogP) is 3.44. The van der Waals surface area contributed by atoms with Crippen LogP contribution < -0.4 is 24.4 Å². The summed E-state index contributed by atoms with van der Waals surface area (Å²) in [5.41, 5.74) is 2.21. The van der Waals surface area contributed by atoms with E-state index in [4.69, 9.17) is 14.2 Å². The zero-order valence-corrected chi connectivity index (χ0v) is 23.5. The highest BCUT2D eigenvalue weighted by molar-refractivity contribution is 7.89. The van der Waals surface area contributed by atoms with Gasteiger partial charge in [-0.1, -0.05) is 0 Å². The van der Waals surface area contributed by atoms with Crippen LogP contribution >= 0.6 is 0 Å². The Morgan fingerprint density at radius 2 is 1.54 bits per heavy atom. The smallest absolute Gasteiger partial charge is 0.243 e. The van der Waals surface area contributed by atoms with Gasteiger partial charge < -0.3 is 24.4 Å². The molecule has 0 spiro atoms. The van der Waals surface area contributed by atoms with Gasteiger partial charge in [0, 0.05) is 54.5 Å². The number of fused-ring (bicyclic) bond motifs is 1. The maximum atomic E-state index is 13.5. The highest BCUT2D eigenvalue weighted by Gasteiger charge is 2.40. The molecule has 39 heavy (non-hydrogen) atoms. The minimum absolute atomic E-state index is 0.0194. The molecule has 2 heterocycles. The van der Waals surface area contributed by atoms with E-state index in [0.717, 1.165) is 24.1 Å². The van der Waals surface area contributed by atoms with E-state index in [-0.39, 0.29) is 47.7 Å². The molecule has 0 bridgehead atoms. The van der Waals surface area contributed by atoms with Crippen LogP contribution in [0.3, 0.4) is 0 Å². The molecular formula is C28H35N3O7S. The molecule has 2 aliphatic heterocycles. The van der Waals surface area contributed by atoms with Crippen molar-refractivity contribution >= 4 is 33.2 Å². The summed E-state index contributed by atoms with van der Waals surface area (Å²) in [6, 6.07) is 8.42. The predicted molar refractivity (Wildman–Crippen MR) is 146 cm³/mol. The van der Waals surface area contributed by atoms with Gasteiger partial charge in [0.05, 0.1) is 26.2 Å².